The molecule has 0 aromatic heterocycles. The lowest BCUT2D eigenvalue weighted by Crippen LogP contribution is -2.53. The molecule has 4 bridgehead atoms. The summed E-state index contributed by atoms with van der Waals surface area (Å²) in [6.07, 6.45) is 8.52. The van der Waals surface area contributed by atoms with Crippen LogP contribution in [-0.2, 0) is 0 Å². The van der Waals surface area contributed by atoms with Crippen LogP contribution in [-0.4, -0.2) is 30.6 Å². The Bertz CT molecular complexity index is 384. The van der Waals surface area contributed by atoms with Crippen molar-refractivity contribution in [2.45, 2.75) is 66.2 Å². The average Bonchev–Trinajstić information content (AvgIpc) is 2.41. The minimum absolute atomic E-state index is 0.170. The summed E-state index contributed by atoms with van der Waals surface area (Å²) in [6.45, 7) is 11.4. The molecule has 0 unspecified atom stereocenters. The van der Waals surface area contributed by atoms with Gasteiger partial charge in [-0.25, -0.2) is 4.79 Å². The fraction of sp³-hybridized carbons (Fsp3) is 0.950. The van der Waals surface area contributed by atoms with Crippen LogP contribution in [0.2, 0.25) is 0 Å². The first-order valence-corrected chi connectivity index (χ1v) is 9.88. The van der Waals surface area contributed by atoms with E-state index in [1.807, 2.05) is 4.90 Å². The monoisotopic (exact) mass is 320 g/mol. The van der Waals surface area contributed by atoms with E-state index in [1.54, 1.807) is 0 Å². The van der Waals surface area contributed by atoms with Gasteiger partial charge in [-0.05, 0) is 73.5 Å². The summed E-state index contributed by atoms with van der Waals surface area (Å²) in [4.78, 5) is 14.8. The summed E-state index contributed by atoms with van der Waals surface area (Å²) in [5.41, 5.74) is 0.436. The van der Waals surface area contributed by atoms with Gasteiger partial charge in [0, 0.05) is 19.6 Å². The molecule has 0 spiro atoms. The molecule has 3 heteroatoms. The van der Waals surface area contributed by atoms with Gasteiger partial charge < -0.3 is 10.2 Å². The number of nitrogens with one attached hydrogen (secondary N) is 1. The topological polar surface area (TPSA) is 32.3 Å². The van der Waals surface area contributed by atoms with Crippen LogP contribution in [0.4, 0.5) is 4.79 Å². The number of rotatable bonds is 6. The first-order valence-electron chi connectivity index (χ1n) is 9.88. The Hall–Kier alpha value is -0.730. The van der Waals surface area contributed by atoms with Crippen LogP contribution < -0.4 is 5.32 Å². The first-order chi connectivity index (χ1) is 10.8. The van der Waals surface area contributed by atoms with Crippen LogP contribution in [0.15, 0.2) is 0 Å². The third-order valence-electron chi connectivity index (χ3n) is 6.24. The number of carbonyl (C=O) groups excluding carboxylic acids is 1. The molecule has 4 fully saturated rings. The molecule has 0 aliphatic heterocycles. The van der Waals surface area contributed by atoms with Crippen LogP contribution in [0.25, 0.3) is 0 Å². The predicted octanol–water partition coefficient (Wildman–Crippen LogP) is 4.53. The predicted molar refractivity (Wildman–Crippen MR) is 95.3 cm³/mol. The molecule has 0 heterocycles. The standard InChI is InChI=1S/C20H36N2O/c1-14(2)11-22(12-15(3)4)19(23)21-13-20-8-16-5-17(9-20)7-18(6-16)10-20/h14-18H,5-13H2,1-4H3,(H,21,23). The highest BCUT2D eigenvalue weighted by Crippen LogP contribution is 2.59. The van der Waals surface area contributed by atoms with Crippen molar-refractivity contribution in [1.82, 2.24) is 10.2 Å². The van der Waals surface area contributed by atoms with Gasteiger partial charge >= 0.3 is 6.03 Å². The van der Waals surface area contributed by atoms with Crippen LogP contribution in [0, 0.1) is 35.0 Å². The van der Waals surface area contributed by atoms with Crippen LogP contribution in [0.3, 0.4) is 0 Å². The average molecular weight is 321 g/mol. The Labute approximate surface area is 142 Å². The van der Waals surface area contributed by atoms with E-state index in [-0.39, 0.29) is 6.03 Å². The van der Waals surface area contributed by atoms with Crippen molar-refractivity contribution in [3.8, 4) is 0 Å². The molecule has 0 radical (unpaired) electrons. The zero-order valence-corrected chi connectivity index (χ0v) is 15.6. The van der Waals surface area contributed by atoms with Crippen molar-refractivity contribution < 1.29 is 4.79 Å². The van der Waals surface area contributed by atoms with Gasteiger partial charge in [-0.2, -0.15) is 0 Å². The summed E-state index contributed by atoms with van der Waals surface area (Å²) in [5, 5.41) is 3.34. The Kier molecular flexibility index (Phi) is 4.94. The molecule has 3 nitrogen and oxygen atoms in total. The van der Waals surface area contributed by atoms with Crippen molar-refractivity contribution in [1.29, 1.82) is 0 Å². The number of hydrogen-bond acceptors (Lipinski definition) is 1. The van der Waals surface area contributed by atoms with Gasteiger partial charge in [-0.1, -0.05) is 27.7 Å². The molecule has 4 saturated carbocycles. The second-order valence-corrected chi connectivity index (χ2v) is 9.77. The maximum absolute atomic E-state index is 12.7. The highest BCUT2D eigenvalue weighted by atomic mass is 16.2. The minimum atomic E-state index is 0.170. The van der Waals surface area contributed by atoms with E-state index in [4.69, 9.17) is 0 Å². The Morgan fingerprint density at radius 1 is 0.957 bits per heavy atom. The van der Waals surface area contributed by atoms with Crippen molar-refractivity contribution in [3.63, 3.8) is 0 Å². The molecule has 2 amide bonds. The fourth-order valence-electron chi connectivity index (χ4n) is 6.00. The normalized spacial score (nSPS) is 35.1. The highest BCUT2D eigenvalue weighted by molar-refractivity contribution is 5.74. The van der Waals surface area contributed by atoms with Gasteiger partial charge in [0.05, 0.1) is 0 Å². The van der Waals surface area contributed by atoms with E-state index >= 15 is 0 Å². The summed E-state index contributed by atoms with van der Waals surface area (Å²) >= 11 is 0. The molecule has 0 saturated heterocycles. The quantitative estimate of drug-likeness (QED) is 0.766. The van der Waals surface area contributed by atoms with Crippen LogP contribution in [0.1, 0.15) is 66.2 Å². The van der Waals surface area contributed by atoms with Crippen LogP contribution in [0.5, 0.6) is 0 Å². The minimum Gasteiger partial charge on any atom is -0.337 e. The van der Waals surface area contributed by atoms with Crippen molar-refractivity contribution in [3.05, 3.63) is 0 Å². The maximum atomic E-state index is 12.7. The summed E-state index contributed by atoms with van der Waals surface area (Å²) in [6, 6.07) is 0.170. The molecule has 4 rings (SSSR count). The van der Waals surface area contributed by atoms with Gasteiger partial charge in [-0.15, -0.1) is 0 Å². The molecule has 4 aliphatic rings. The molecule has 0 aromatic carbocycles. The van der Waals surface area contributed by atoms with Crippen LogP contribution >= 0.6 is 0 Å². The van der Waals surface area contributed by atoms with E-state index < -0.39 is 0 Å². The third-order valence-corrected chi connectivity index (χ3v) is 6.24. The van der Waals surface area contributed by atoms with E-state index in [0.29, 0.717) is 17.3 Å². The fourth-order valence-corrected chi connectivity index (χ4v) is 6.00. The molecule has 132 valence electrons. The molecule has 4 aliphatic carbocycles. The van der Waals surface area contributed by atoms with Crippen molar-refractivity contribution in [2.24, 2.45) is 35.0 Å². The lowest BCUT2D eigenvalue weighted by Gasteiger charge is -2.57. The lowest BCUT2D eigenvalue weighted by atomic mass is 9.49. The van der Waals surface area contributed by atoms with Gasteiger partial charge in [0.25, 0.3) is 0 Å². The Morgan fingerprint density at radius 2 is 1.39 bits per heavy atom. The molecule has 1 N–H and O–H groups in total. The molecular weight excluding hydrogens is 284 g/mol. The second-order valence-electron chi connectivity index (χ2n) is 9.77. The first kappa shape index (κ1) is 17.1. The number of hydrogen-bond donors (Lipinski definition) is 1. The van der Waals surface area contributed by atoms with Crippen molar-refractivity contribution in [2.75, 3.05) is 19.6 Å². The number of nitrogens with zero attached hydrogens (tertiary/aromatic N) is 1. The molecule has 23 heavy (non-hydrogen) atoms. The number of amides is 2. The van der Waals surface area contributed by atoms with Gasteiger partial charge in [-0.3, -0.25) is 0 Å². The van der Waals surface area contributed by atoms with Gasteiger partial charge in [0.2, 0.25) is 0 Å². The SMILES string of the molecule is CC(C)CN(CC(C)C)C(=O)NCC12CC3CC(CC(C3)C1)C2. The largest absolute Gasteiger partial charge is 0.337 e. The number of carbonyl (C=O) groups is 1. The van der Waals surface area contributed by atoms with Gasteiger partial charge in [0.1, 0.15) is 0 Å². The zero-order valence-electron chi connectivity index (χ0n) is 15.6. The Balaban J connectivity index is 1.57. The van der Waals surface area contributed by atoms with E-state index in [0.717, 1.165) is 37.4 Å². The molecular formula is C20H36N2O. The summed E-state index contributed by atoms with van der Waals surface area (Å²) in [7, 11) is 0. The molecule has 0 aromatic rings. The van der Waals surface area contributed by atoms with E-state index in [2.05, 4.69) is 33.0 Å². The third kappa shape index (κ3) is 4.03. The smallest absolute Gasteiger partial charge is 0.317 e. The zero-order chi connectivity index (χ0) is 16.6. The summed E-state index contributed by atoms with van der Waals surface area (Å²) < 4.78 is 0. The van der Waals surface area contributed by atoms with Crippen molar-refractivity contribution >= 4 is 6.03 Å². The lowest BCUT2D eigenvalue weighted by molar-refractivity contribution is -0.0503. The van der Waals surface area contributed by atoms with E-state index in [9.17, 15) is 4.79 Å². The second kappa shape index (κ2) is 6.64. The van der Waals surface area contributed by atoms with E-state index in [1.165, 1.54) is 38.5 Å². The highest BCUT2D eigenvalue weighted by Gasteiger charge is 2.50. The number of urea groups is 1. The molecule has 0 atom stereocenters. The summed E-state index contributed by atoms with van der Waals surface area (Å²) in [5.74, 6) is 3.93. The maximum Gasteiger partial charge on any atom is 0.317 e. The Morgan fingerprint density at radius 3 is 1.78 bits per heavy atom. The van der Waals surface area contributed by atoms with Gasteiger partial charge in [0.15, 0.2) is 0 Å².